The van der Waals surface area contributed by atoms with E-state index in [9.17, 15) is 4.79 Å². The Balaban J connectivity index is 0.00000240. The Morgan fingerprint density at radius 3 is 2.79 bits per heavy atom. The third kappa shape index (κ3) is 5.14. The first kappa shape index (κ1) is 21.7. The number of rotatable bonds is 6. The summed E-state index contributed by atoms with van der Waals surface area (Å²) in [5.74, 6) is -0.0987. The lowest BCUT2D eigenvalue weighted by Crippen LogP contribution is -2.39. The summed E-state index contributed by atoms with van der Waals surface area (Å²) in [5, 5.41) is 5.03. The minimum atomic E-state index is -0.0987. The molecule has 0 atom stereocenters. The summed E-state index contributed by atoms with van der Waals surface area (Å²) in [6.07, 6.45) is 2.67. The highest BCUT2D eigenvalue weighted by molar-refractivity contribution is 7.22. The molecule has 1 aliphatic rings. The zero-order valence-corrected chi connectivity index (χ0v) is 18.3. The van der Waals surface area contributed by atoms with Gasteiger partial charge in [0.05, 0.1) is 23.4 Å². The smallest absolute Gasteiger partial charge is 0.280 e. The molecule has 29 heavy (non-hydrogen) atoms. The largest absolute Gasteiger partial charge is 0.379 e. The topological polar surface area (TPSA) is 63.5 Å². The van der Waals surface area contributed by atoms with E-state index in [1.54, 1.807) is 33.2 Å². The van der Waals surface area contributed by atoms with Crippen molar-refractivity contribution in [1.82, 2.24) is 19.7 Å². The molecular formula is C20H26ClN5O2S. The van der Waals surface area contributed by atoms with Gasteiger partial charge in [0.1, 0.15) is 0 Å². The average molecular weight is 436 g/mol. The van der Waals surface area contributed by atoms with Crippen LogP contribution >= 0.6 is 23.7 Å². The number of aromatic nitrogens is 3. The highest BCUT2D eigenvalue weighted by Crippen LogP contribution is 2.30. The van der Waals surface area contributed by atoms with Gasteiger partial charge in [-0.2, -0.15) is 5.10 Å². The monoisotopic (exact) mass is 435 g/mol. The molecule has 1 fully saturated rings. The molecule has 1 saturated heterocycles. The van der Waals surface area contributed by atoms with Crippen LogP contribution < -0.4 is 4.90 Å². The molecule has 0 bridgehead atoms. The van der Waals surface area contributed by atoms with E-state index in [0.717, 1.165) is 54.6 Å². The van der Waals surface area contributed by atoms with Gasteiger partial charge in [0.15, 0.2) is 10.8 Å². The van der Waals surface area contributed by atoms with E-state index in [-0.39, 0.29) is 18.3 Å². The fraction of sp³-hybridized carbons (Fsp3) is 0.450. The number of hydrogen-bond acceptors (Lipinski definition) is 6. The molecule has 3 aromatic rings. The molecule has 0 aliphatic carbocycles. The van der Waals surface area contributed by atoms with E-state index >= 15 is 0 Å². The predicted octanol–water partition coefficient (Wildman–Crippen LogP) is 3.13. The number of benzene rings is 1. The molecule has 1 amide bonds. The van der Waals surface area contributed by atoms with Crippen LogP contribution in [0.2, 0.25) is 0 Å². The Morgan fingerprint density at radius 1 is 1.28 bits per heavy atom. The molecule has 0 N–H and O–H groups in total. The summed E-state index contributed by atoms with van der Waals surface area (Å²) in [7, 11) is 1.82. The molecule has 2 aromatic heterocycles. The number of aryl methyl sites for hydroxylation is 2. The number of amides is 1. The highest BCUT2D eigenvalue weighted by atomic mass is 35.5. The van der Waals surface area contributed by atoms with Crippen molar-refractivity contribution in [3.05, 3.63) is 41.7 Å². The van der Waals surface area contributed by atoms with Crippen LogP contribution in [0.5, 0.6) is 0 Å². The van der Waals surface area contributed by atoms with Crippen molar-refractivity contribution in [2.45, 2.75) is 13.3 Å². The summed E-state index contributed by atoms with van der Waals surface area (Å²) in [6, 6.07) is 7.94. The van der Waals surface area contributed by atoms with Gasteiger partial charge in [-0.15, -0.1) is 12.4 Å². The third-order valence-electron chi connectivity index (χ3n) is 4.90. The fourth-order valence-corrected chi connectivity index (χ4v) is 4.45. The maximum absolute atomic E-state index is 13.2. The van der Waals surface area contributed by atoms with Crippen molar-refractivity contribution in [3.8, 4) is 0 Å². The van der Waals surface area contributed by atoms with Gasteiger partial charge in [0, 0.05) is 39.4 Å². The molecule has 3 heterocycles. The van der Waals surface area contributed by atoms with Crippen LogP contribution in [0.15, 0.2) is 30.5 Å². The van der Waals surface area contributed by atoms with E-state index in [2.05, 4.69) is 29.1 Å². The Bertz CT molecular complexity index is 967. The van der Waals surface area contributed by atoms with Crippen LogP contribution in [-0.4, -0.2) is 65.0 Å². The Kier molecular flexibility index (Phi) is 7.23. The molecule has 0 spiro atoms. The number of ether oxygens (including phenoxy) is 1. The molecule has 1 aliphatic heterocycles. The number of fused-ring (bicyclic) bond motifs is 1. The number of nitrogens with zero attached hydrogens (tertiary/aromatic N) is 5. The lowest BCUT2D eigenvalue weighted by atomic mass is 10.2. The predicted molar refractivity (Wildman–Crippen MR) is 118 cm³/mol. The molecule has 0 saturated carbocycles. The number of morpholine rings is 1. The molecule has 0 radical (unpaired) electrons. The van der Waals surface area contributed by atoms with Crippen molar-refractivity contribution in [2.75, 3.05) is 44.3 Å². The number of carbonyl (C=O) groups excluding carboxylic acids is 1. The number of carbonyl (C=O) groups is 1. The molecule has 7 nitrogen and oxygen atoms in total. The number of anilines is 1. The van der Waals surface area contributed by atoms with Gasteiger partial charge in [-0.1, -0.05) is 17.4 Å². The third-order valence-corrected chi connectivity index (χ3v) is 5.94. The molecule has 4 rings (SSSR count). The highest BCUT2D eigenvalue weighted by Gasteiger charge is 2.23. The minimum absolute atomic E-state index is 0. The van der Waals surface area contributed by atoms with E-state index in [1.165, 1.54) is 5.56 Å². The summed E-state index contributed by atoms with van der Waals surface area (Å²) in [4.78, 5) is 22.1. The normalized spacial score (nSPS) is 14.7. The minimum Gasteiger partial charge on any atom is -0.379 e. The number of halogens is 1. The van der Waals surface area contributed by atoms with Crippen LogP contribution in [0, 0.1) is 6.92 Å². The van der Waals surface area contributed by atoms with Gasteiger partial charge in [-0.25, -0.2) is 4.98 Å². The quantitative estimate of drug-likeness (QED) is 0.595. The van der Waals surface area contributed by atoms with Gasteiger partial charge in [0.25, 0.3) is 5.91 Å². The maximum atomic E-state index is 13.2. The van der Waals surface area contributed by atoms with Gasteiger partial charge in [-0.3, -0.25) is 19.3 Å². The van der Waals surface area contributed by atoms with E-state index in [0.29, 0.717) is 12.2 Å². The van der Waals surface area contributed by atoms with Crippen LogP contribution in [0.4, 0.5) is 5.13 Å². The first-order chi connectivity index (χ1) is 13.6. The standard InChI is InChI=1S/C20H25N5O2S.ClH/c1-15-4-5-16-18(14-15)28-20(21-16)25(19(26)17-6-9-23(2)22-17)8-3-7-24-10-12-27-13-11-24;/h4-6,9,14H,3,7-8,10-13H2,1-2H3;1H. The molecule has 9 heteroatoms. The van der Waals surface area contributed by atoms with Crippen LogP contribution in [0.25, 0.3) is 10.2 Å². The Hall–Kier alpha value is -2.00. The average Bonchev–Trinajstić information content (AvgIpc) is 3.31. The molecule has 0 unspecified atom stereocenters. The molecule has 156 valence electrons. The summed E-state index contributed by atoms with van der Waals surface area (Å²) >= 11 is 1.56. The number of thiazole rings is 1. The second-order valence-electron chi connectivity index (χ2n) is 7.11. The fourth-order valence-electron chi connectivity index (χ4n) is 3.36. The van der Waals surface area contributed by atoms with Crippen LogP contribution in [-0.2, 0) is 11.8 Å². The van der Waals surface area contributed by atoms with Crippen LogP contribution in [0.1, 0.15) is 22.5 Å². The summed E-state index contributed by atoms with van der Waals surface area (Å²) < 4.78 is 8.17. The first-order valence-electron chi connectivity index (χ1n) is 9.59. The van der Waals surface area contributed by atoms with E-state index in [4.69, 9.17) is 9.72 Å². The van der Waals surface area contributed by atoms with Gasteiger partial charge < -0.3 is 4.74 Å². The van der Waals surface area contributed by atoms with Gasteiger partial charge in [-0.05, 0) is 37.1 Å². The zero-order chi connectivity index (χ0) is 19.5. The lowest BCUT2D eigenvalue weighted by Gasteiger charge is -2.27. The van der Waals surface area contributed by atoms with Crippen LogP contribution in [0.3, 0.4) is 0 Å². The van der Waals surface area contributed by atoms with Crippen molar-refractivity contribution in [3.63, 3.8) is 0 Å². The van der Waals surface area contributed by atoms with Gasteiger partial charge in [0.2, 0.25) is 0 Å². The maximum Gasteiger partial charge on any atom is 0.280 e. The summed E-state index contributed by atoms with van der Waals surface area (Å²) in [5.41, 5.74) is 2.57. The summed E-state index contributed by atoms with van der Waals surface area (Å²) in [6.45, 7) is 7.10. The van der Waals surface area contributed by atoms with Crippen molar-refractivity contribution >= 4 is 45.0 Å². The Labute approximate surface area is 180 Å². The van der Waals surface area contributed by atoms with E-state index < -0.39 is 0 Å². The van der Waals surface area contributed by atoms with Gasteiger partial charge >= 0.3 is 0 Å². The van der Waals surface area contributed by atoms with E-state index in [1.807, 2.05) is 13.1 Å². The van der Waals surface area contributed by atoms with Crippen molar-refractivity contribution in [1.29, 1.82) is 0 Å². The molecule has 1 aromatic carbocycles. The Morgan fingerprint density at radius 2 is 2.07 bits per heavy atom. The molecular weight excluding hydrogens is 410 g/mol. The first-order valence-corrected chi connectivity index (χ1v) is 10.4. The second-order valence-corrected chi connectivity index (χ2v) is 8.12. The second kappa shape index (κ2) is 9.67. The van der Waals surface area contributed by atoms with Crippen molar-refractivity contribution in [2.24, 2.45) is 7.05 Å². The van der Waals surface area contributed by atoms with Crippen molar-refractivity contribution < 1.29 is 9.53 Å². The SMILES string of the molecule is Cc1ccc2nc(N(CCCN3CCOCC3)C(=O)c3ccn(C)n3)sc2c1.Cl. The lowest BCUT2D eigenvalue weighted by molar-refractivity contribution is 0.0376. The number of hydrogen-bond donors (Lipinski definition) is 0. The zero-order valence-electron chi connectivity index (χ0n) is 16.7.